The molecule has 0 aromatic heterocycles. The summed E-state index contributed by atoms with van der Waals surface area (Å²) in [6, 6.07) is 4.91. The van der Waals surface area contributed by atoms with E-state index < -0.39 is 34.1 Å². The highest BCUT2D eigenvalue weighted by Gasteiger charge is 2.21. The third-order valence-electron chi connectivity index (χ3n) is 3.33. The molecule has 2 amide bonds. The van der Waals surface area contributed by atoms with Gasteiger partial charge in [0, 0.05) is 6.54 Å². The van der Waals surface area contributed by atoms with Crippen molar-refractivity contribution in [2.24, 2.45) is 0 Å². The number of carbonyl (C=O) groups excluding carboxylic acids is 3. The van der Waals surface area contributed by atoms with Crippen molar-refractivity contribution in [2.75, 3.05) is 13.7 Å². The van der Waals surface area contributed by atoms with E-state index >= 15 is 0 Å². The molecule has 1 aromatic carbocycles. The lowest BCUT2D eigenvalue weighted by atomic mass is 10.2. The molecule has 1 atom stereocenters. The molecule has 0 saturated carbocycles. The van der Waals surface area contributed by atoms with Gasteiger partial charge in [0.15, 0.2) is 6.10 Å². The summed E-state index contributed by atoms with van der Waals surface area (Å²) in [6.45, 7) is 4.61. The van der Waals surface area contributed by atoms with E-state index in [0.717, 1.165) is 12.7 Å². The van der Waals surface area contributed by atoms with Crippen molar-refractivity contribution in [3.63, 3.8) is 0 Å². The smallest absolute Gasteiger partial charge is 0.413 e. The number of hydrogen-bond acceptors (Lipinski definition) is 7. The summed E-state index contributed by atoms with van der Waals surface area (Å²) < 4.78 is 35.9. The van der Waals surface area contributed by atoms with E-state index in [2.05, 4.69) is 9.46 Å². The minimum atomic E-state index is -3.77. The van der Waals surface area contributed by atoms with Crippen molar-refractivity contribution in [1.82, 2.24) is 10.0 Å². The number of carbonyl (C=O) groups is 3. The highest BCUT2D eigenvalue weighted by atomic mass is 32.2. The van der Waals surface area contributed by atoms with E-state index in [-0.39, 0.29) is 17.9 Å². The first kappa shape index (κ1) is 21.6. The Balaban J connectivity index is 2.52. The van der Waals surface area contributed by atoms with E-state index in [4.69, 9.17) is 4.74 Å². The molecule has 0 heterocycles. The molecule has 10 heteroatoms. The second-order valence-electron chi connectivity index (χ2n) is 5.53. The zero-order valence-electron chi connectivity index (χ0n) is 15.0. The number of hydrogen-bond donors (Lipinski definition) is 2. The van der Waals surface area contributed by atoms with Gasteiger partial charge in [-0.15, -0.1) is 0 Å². The van der Waals surface area contributed by atoms with Gasteiger partial charge in [-0.05, 0) is 32.4 Å². The summed E-state index contributed by atoms with van der Waals surface area (Å²) in [5.41, 5.74) is 1.53. The third-order valence-corrected chi connectivity index (χ3v) is 4.95. The predicted molar refractivity (Wildman–Crippen MR) is 91.8 cm³/mol. The van der Waals surface area contributed by atoms with Crippen molar-refractivity contribution in [3.05, 3.63) is 29.3 Å². The Morgan fingerprint density at radius 2 is 1.85 bits per heavy atom. The van der Waals surface area contributed by atoms with Gasteiger partial charge in [-0.2, -0.15) is 0 Å². The number of methoxy groups -OCH3 is 1. The summed E-state index contributed by atoms with van der Waals surface area (Å²) in [5.74, 6) is -1.64. The van der Waals surface area contributed by atoms with Crippen LogP contribution in [0.1, 0.15) is 24.5 Å². The van der Waals surface area contributed by atoms with Gasteiger partial charge in [0.2, 0.25) is 10.0 Å². The maximum atomic E-state index is 12.3. The molecule has 0 unspecified atom stereocenters. The minimum Gasteiger partial charge on any atom is -0.453 e. The molecule has 1 aromatic rings. The fourth-order valence-electron chi connectivity index (χ4n) is 2.03. The Labute approximate surface area is 152 Å². The number of nitrogens with one attached hydrogen (secondary N) is 2. The van der Waals surface area contributed by atoms with Crippen LogP contribution >= 0.6 is 0 Å². The zero-order chi connectivity index (χ0) is 19.9. The molecule has 26 heavy (non-hydrogen) atoms. The van der Waals surface area contributed by atoms with Gasteiger partial charge in [-0.1, -0.05) is 17.7 Å². The number of alkyl carbamates (subject to hydrolysis) is 1. The van der Waals surface area contributed by atoms with Crippen LogP contribution in [0, 0.1) is 13.8 Å². The molecule has 0 aliphatic carbocycles. The monoisotopic (exact) mass is 386 g/mol. The van der Waals surface area contributed by atoms with Gasteiger partial charge in [-0.3, -0.25) is 14.9 Å². The number of imide groups is 1. The van der Waals surface area contributed by atoms with Crippen LogP contribution in [0.15, 0.2) is 23.1 Å². The van der Waals surface area contributed by atoms with Crippen LogP contribution in [0.4, 0.5) is 4.79 Å². The normalized spacial score (nSPS) is 12.2. The average Bonchev–Trinajstić information content (AvgIpc) is 2.53. The molecular formula is C16H22N2O7S. The van der Waals surface area contributed by atoms with Gasteiger partial charge in [0.25, 0.3) is 5.91 Å². The number of esters is 1. The summed E-state index contributed by atoms with van der Waals surface area (Å²) in [4.78, 5) is 34.3. The van der Waals surface area contributed by atoms with Crippen LogP contribution in [0.5, 0.6) is 0 Å². The van der Waals surface area contributed by atoms with Crippen LogP contribution in [0.25, 0.3) is 0 Å². The van der Waals surface area contributed by atoms with Crippen molar-refractivity contribution < 1.29 is 32.3 Å². The molecule has 0 radical (unpaired) electrons. The predicted octanol–water partition coefficient (Wildman–Crippen LogP) is 0.786. The average molecular weight is 386 g/mol. The number of sulfonamides is 1. The Bertz CT molecular complexity index is 790. The third kappa shape index (κ3) is 6.45. The van der Waals surface area contributed by atoms with Crippen LogP contribution in [-0.2, 0) is 29.1 Å². The second kappa shape index (κ2) is 9.30. The van der Waals surface area contributed by atoms with Crippen LogP contribution in [0.3, 0.4) is 0 Å². The minimum absolute atomic E-state index is 0.127. The topological polar surface area (TPSA) is 128 Å². The molecule has 0 aliphatic rings. The molecule has 0 aliphatic heterocycles. The molecule has 0 fully saturated rings. The Kier molecular flexibility index (Phi) is 7.72. The van der Waals surface area contributed by atoms with Crippen molar-refractivity contribution in [3.8, 4) is 0 Å². The molecule has 9 nitrogen and oxygen atoms in total. The number of ether oxygens (including phenoxy) is 2. The molecule has 0 saturated heterocycles. The largest absolute Gasteiger partial charge is 0.453 e. The first-order valence-corrected chi connectivity index (χ1v) is 9.20. The SMILES string of the molecule is COC(=O)NC(=O)[C@H](C)OC(=O)CCNS(=O)(=O)c1ccc(C)cc1C. The Hall–Kier alpha value is -2.46. The number of benzene rings is 1. The maximum absolute atomic E-state index is 12.3. The van der Waals surface area contributed by atoms with Crippen molar-refractivity contribution in [1.29, 1.82) is 0 Å². The van der Waals surface area contributed by atoms with Crippen molar-refractivity contribution >= 4 is 28.0 Å². The van der Waals surface area contributed by atoms with Gasteiger partial charge >= 0.3 is 12.1 Å². The second-order valence-corrected chi connectivity index (χ2v) is 7.27. The lowest BCUT2D eigenvalue weighted by Crippen LogP contribution is -2.39. The van der Waals surface area contributed by atoms with Gasteiger partial charge in [-0.25, -0.2) is 17.9 Å². The molecule has 0 spiro atoms. The highest BCUT2D eigenvalue weighted by Crippen LogP contribution is 2.16. The number of amides is 2. The maximum Gasteiger partial charge on any atom is 0.413 e. The van der Waals surface area contributed by atoms with Crippen LogP contribution in [-0.4, -0.2) is 46.1 Å². The van der Waals surface area contributed by atoms with E-state index in [1.807, 2.05) is 12.2 Å². The fraction of sp³-hybridized carbons (Fsp3) is 0.438. The zero-order valence-corrected chi connectivity index (χ0v) is 15.8. The lowest BCUT2D eigenvalue weighted by Gasteiger charge is -2.13. The van der Waals surface area contributed by atoms with Gasteiger partial charge in [0.05, 0.1) is 18.4 Å². The summed E-state index contributed by atoms with van der Waals surface area (Å²) in [5, 5.41) is 1.86. The number of rotatable bonds is 7. The summed E-state index contributed by atoms with van der Waals surface area (Å²) in [7, 11) is -2.68. The van der Waals surface area contributed by atoms with E-state index in [1.165, 1.54) is 13.0 Å². The molecular weight excluding hydrogens is 364 g/mol. The van der Waals surface area contributed by atoms with Gasteiger partial charge in [0.1, 0.15) is 0 Å². The molecule has 1 rings (SSSR count). The van der Waals surface area contributed by atoms with E-state index in [0.29, 0.717) is 5.56 Å². The Morgan fingerprint density at radius 1 is 1.19 bits per heavy atom. The van der Waals surface area contributed by atoms with Crippen LogP contribution < -0.4 is 10.0 Å². The highest BCUT2D eigenvalue weighted by molar-refractivity contribution is 7.89. The first-order valence-electron chi connectivity index (χ1n) is 7.72. The molecule has 2 N–H and O–H groups in total. The summed E-state index contributed by atoms with van der Waals surface area (Å²) >= 11 is 0. The van der Waals surface area contributed by atoms with Gasteiger partial charge < -0.3 is 9.47 Å². The van der Waals surface area contributed by atoms with E-state index in [1.54, 1.807) is 19.1 Å². The standard InChI is InChI=1S/C16H22N2O7S/c1-10-5-6-13(11(2)9-10)26(22,23)17-8-7-14(19)25-12(3)15(20)18-16(21)24-4/h5-6,9,12,17H,7-8H2,1-4H3,(H,18,20,21)/t12-/m0/s1. The fourth-order valence-corrected chi connectivity index (χ4v) is 3.29. The van der Waals surface area contributed by atoms with Crippen LogP contribution in [0.2, 0.25) is 0 Å². The van der Waals surface area contributed by atoms with E-state index in [9.17, 15) is 22.8 Å². The quantitative estimate of drug-likeness (QED) is 0.663. The lowest BCUT2D eigenvalue weighted by molar-refractivity contribution is -0.154. The molecule has 144 valence electrons. The molecule has 0 bridgehead atoms. The summed E-state index contributed by atoms with van der Waals surface area (Å²) in [6.07, 6.45) is -2.48. The van der Waals surface area contributed by atoms with Crippen molar-refractivity contribution in [2.45, 2.75) is 38.2 Å². The first-order chi connectivity index (χ1) is 12.1. The Morgan fingerprint density at radius 3 is 2.42 bits per heavy atom. The number of aryl methyl sites for hydroxylation is 2.